The van der Waals surface area contributed by atoms with Crippen LogP contribution in [0.4, 0.5) is 13.2 Å². The van der Waals surface area contributed by atoms with Crippen molar-refractivity contribution in [3.63, 3.8) is 0 Å². The number of amides is 1. The number of carbonyl (C=O) groups is 2. The van der Waals surface area contributed by atoms with Gasteiger partial charge in [0.15, 0.2) is 0 Å². The van der Waals surface area contributed by atoms with Crippen molar-refractivity contribution in [2.75, 3.05) is 13.2 Å². The van der Waals surface area contributed by atoms with Gasteiger partial charge in [0.2, 0.25) is 0 Å². The molecule has 202 valence electrons. The second kappa shape index (κ2) is 14.2. The molecule has 3 aromatic carbocycles. The fraction of sp³-hybridized carbons (Fsp3) is 0.333. The van der Waals surface area contributed by atoms with E-state index in [4.69, 9.17) is 9.84 Å². The van der Waals surface area contributed by atoms with Gasteiger partial charge < -0.3 is 15.2 Å². The van der Waals surface area contributed by atoms with E-state index in [1.165, 1.54) is 12.1 Å². The number of carbonyl (C=O) groups excluding carboxylic acids is 1. The maximum absolute atomic E-state index is 12.7. The highest BCUT2D eigenvalue weighted by Crippen LogP contribution is 2.31. The Balaban J connectivity index is 1.27. The number of hydrogen-bond donors (Lipinski definition) is 2. The Kier molecular flexibility index (Phi) is 10.8. The van der Waals surface area contributed by atoms with E-state index in [1.54, 1.807) is 12.1 Å². The Morgan fingerprint density at radius 2 is 1.34 bits per heavy atom. The Bertz CT molecular complexity index is 1160. The number of alkyl halides is 3. The molecule has 0 fully saturated rings. The maximum Gasteiger partial charge on any atom is 0.416 e. The van der Waals surface area contributed by atoms with Crippen LogP contribution in [0.3, 0.4) is 0 Å². The molecule has 38 heavy (non-hydrogen) atoms. The third-order valence-electron chi connectivity index (χ3n) is 6.12. The van der Waals surface area contributed by atoms with Crippen molar-refractivity contribution in [1.82, 2.24) is 5.32 Å². The highest BCUT2D eigenvalue weighted by Gasteiger charge is 2.29. The number of benzene rings is 3. The first-order chi connectivity index (χ1) is 18.2. The third kappa shape index (κ3) is 9.57. The third-order valence-corrected chi connectivity index (χ3v) is 6.12. The molecule has 0 unspecified atom stereocenters. The summed E-state index contributed by atoms with van der Waals surface area (Å²) in [6, 6.07) is 19.9. The largest absolute Gasteiger partial charge is 0.494 e. The molecule has 5 nitrogen and oxygen atoms in total. The molecule has 8 heteroatoms. The summed E-state index contributed by atoms with van der Waals surface area (Å²) in [7, 11) is 0. The zero-order chi connectivity index (χ0) is 27.4. The molecule has 0 aliphatic carbocycles. The Hall–Kier alpha value is -3.81. The van der Waals surface area contributed by atoms with Crippen LogP contribution in [0.5, 0.6) is 5.75 Å². The van der Waals surface area contributed by atoms with Crippen LogP contribution in [0, 0.1) is 0 Å². The molecular weight excluding hydrogens is 495 g/mol. The average Bonchev–Trinajstić information content (AvgIpc) is 2.90. The van der Waals surface area contributed by atoms with Gasteiger partial charge in [-0.1, -0.05) is 55.7 Å². The van der Waals surface area contributed by atoms with Gasteiger partial charge in [0.05, 0.1) is 18.6 Å². The lowest BCUT2D eigenvalue weighted by Crippen LogP contribution is -2.25. The molecular formula is C30H32F3NO4. The highest BCUT2D eigenvalue weighted by atomic mass is 19.4. The first-order valence-corrected chi connectivity index (χ1v) is 12.7. The number of carboxylic acid groups (broad SMARTS) is 1. The molecule has 0 saturated heterocycles. The summed E-state index contributed by atoms with van der Waals surface area (Å²) in [6.07, 6.45) is 1.73. The molecule has 0 heterocycles. The van der Waals surface area contributed by atoms with Crippen molar-refractivity contribution < 1.29 is 32.6 Å². The molecule has 0 aromatic heterocycles. The van der Waals surface area contributed by atoms with E-state index in [9.17, 15) is 22.8 Å². The summed E-state index contributed by atoms with van der Waals surface area (Å²) < 4.78 is 44.0. The minimum atomic E-state index is -4.34. The number of halogens is 3. The molecule has 1 amide bonds. The number of rotatable bonds is 14. The summed E-state index contributed by atoms with van der Waals surface area (Å²) in [5.41, 5.74) is 2.58. The van der Waals surface area contributed by atoms with Gasteiger partial charge in [0, 0.05) is 12.1 Å². The van der Waals surface area contributed by atoms with Crippen LogP contribution in [-0.2, 0) is 17.4 Å². The zero-order valence-corrected chi connectivity index (χ0v) is 21.1. The van der Waals surface area contributed by atoms with Crippen molar-refractivity contribution in [1.29, 1.82) is 0 Å². The first-order valence-electron chi connectivity index (χ1n) is 12.7. The molecule has 3 aromatic rings. The van der Waals surface area contributed by atoms with E-state index in [1.807, 2.05) is 36.4 Å². The lowest BCUT2D eigenvalue weighted by molar-refractivity contribution is -0.138. The Morgan fingerprint density at radius 1 is 0.763 bits per heavy atom. The zero-order valence-electron chi connectivity index (χ0n) is 21.1. The van der Waals surface area contributed by atoms with Crippen LogP contribution in [0.1, 0.15) is 60.0 Å². The van der Waals surface area contributed by atoms with Crippen LogP contribution in [0.15, 0.2) is 72.8 Å². The van der Waals surface area contributed by atoms with E-state index < -0.39 is 17.7 Å². The quantitative estimate of drug-likeness (QED) is 0.218. The maximum atomic E-state index is 12.7. The van der Waals surface area contributed by atoms with E-state index >= 15 is 0 Å². The van der Waals surface area contributed by atoms with Crippen LogP contribution in [0.25, 0.3) is 11.1 Å². The molecule has 2 N–H and O–H groups in total. The van der Waals surface area contributed by atoms with Gasteiger partial charge in [-0.25, -0.2) is 0 Å². The summed E-state index contributed by atoms with van der Waals surface area (Å²) in [5, 5.41) is 11.2. The molecule has 0 atom stereocenters. The summed E-state index contributed by atoms with van der Waals surface area (Å²) >= 11 is 0. The van der Waals surface area contributed by atoms with Crippen molar-refractivity contribution in [3.8, 4) is 16.9 Å². The molecule has 3 rings (SSSR count). The van der Waals surface area contributed by atoms with Gasteiger partial charge in [0.1, 0.15) is 5.75 Å². The lowest BCUT2D eigenvalue weighted by atomic mass is 10.0. The Morgan fingerprint density at radius 3 is 1.95 bits per heavy atom. The molecule has 0 saturated carbocycles. The number of ether oxygens (including phenoxy) is 1. The van der Waals surface area contributed by atoms with Crippen molar-refractivity contribution in [2.24, 2.45) is 0 Å². The van der Waals surface area contributed by atoms with Gasteiger partial charge in [-0.05, 0) is 72.4 Å². The minimum Gasteiger partial charge on any atom is -0.494 e. The van der Waals surface area contributed by atoms with E-state index in [0.29, 0.717) is 12.2 Å². The van der Waals surface area contributed by atoms with Crippen LogP contribution in [-0.4, -0.2) is 30.1 Å². The van der Waals surface area contributed by atoms with Crippen molar-refractivity contribution in [2.45, 2.75) is 51.1 Å². The molecule has 0 spiro atoms. The number of hydrogen-bond acceptors (Lipinski definition) is 3. The first kappa shape index (κ1) is 28.8. The monoisotopic (exact) mass is 527 g/mol. The fourth-order valence-electron chi connectivity index (χ4n) is 3.95. The second-order valence-corrected chi connectivity index (χ2v) is 9.06. The number of carboxylic acids is 1. The van der Waals surface area contributed by atoms with Gasteiger partial charge in [0.25, 0.3) is 5.91 Å². The number of aliphatic carboxylic acids is 1. The van der Waals surface area contributed by atoms with Crippen LogP contribution < -0.4 is 10.1 Å². The second-order valence-electron chi connectivity index (χ2n) is 9.06. The lowest BCUT2D eigenvalue weighted by Gasteiger charge is -2.09. The van der Waals surface area contributed by atoms with E-state index in [2.05, 4.69) is 5.32 Å². The SMILES string of the molecule is O=C(O)CCNC(=O)c1ccc(CCCCCCCOc2ccc(-c3ccc(C(F)(F)F)cc3)cc2)cc1. The van der Waals surface area contributed by atoms with Crippen LogP contribution in [0.2, 0.25) is 0 Å². The predicted molar refractivity (Wildman–Crippen MR) is 140 cm³/mol. The number of nitrogens with one attached hydrogen (secondary N) is 1. The highest BCUT2D eigenvalue weighted by molar-refractivity contribution is 5.94. The summed E-state index contributed by atoms with van der Waals surface area (Å²) in [6.45, 7) is 0.717. The molecule has 0 radical (unpaired) electrons. The predicted octanol–water partition coefficient (Wildman–Crippen LogP) is 7.15. The smallest absolute Gasteiger partial charge is 0.416 e. The van der Waals surface area contributed by atoms with Gasteiger partial charge in [-0.3, -0.25) is 9.59 Å². The summed E-state index contributed by atoms with van der Waals surface area (Å²) in [5.74, 6) is -0.477. The van der Waals surface area contributed by atoms with Gasteiger partial charge >= 0.3 is 12.1 Å². The Labute approximate surface area is 220 Å². The summed E-state index contributed by atoms with van der Waals surface area (Å²) in [4.78, 5) is 22.5. The van der Waals surface area contributed by atoms with Crippen LogP contribution >= 0.6 is 0 Å². The van der Waals surface area contributed by atoms with Crippen molar-refractivity contribution >= 4 is 11.9 Å². The normalized spacial score (nSPS) is 11.2. The van der Waals surface area contributed by atoms with Gasteiger partial charge in [-0.15, -0.1) is 0 Å². The topological polar surface area (TPSA) is 75.6 Å². The number of unbranched alkanes of at least 4 members (excludes halogenated alkanes) is 4. The minimum absolute atomic E-state index is 0.0995. The van der Waals surface area contributed by atoms with E-state index in [0.717, 1.165) is 73.1 Å². The van der Waals surface area contributed by atoms with Gasteiger partial charge in [-0.2, -0.15) is 13.2 Å². The van der Waals surface area contributed by atoms with E-state index in [-0.39, 0.29) is 18.9 Å². The molecule has 0 aliphatic heterocycles. The number of aryl methyl sites for hydroxylation is 1. The fourth-order valence-corrected chi connectivity index (χ4v) is 3.95. The average molecular weight is 528 g/mol. The molecule has 0 bridgehead atoms. The van der Waals surface area contributed by atoms with Crippen molar-refractivity contribution in [3.05, 3.63) is 89.5 Å². The standard InChI is InChI=1S/C30H32F3NO4/c31-30(32,33)26-15-11-23(12-16-26)24-13-17-27(18-14-24)38-21-5-3-1-2-4-6-22-7-9-25(10-8-22)29(37)34-20-19-28(35)36/h7-18H,1-6,19-21H2,(H,34,37)(H,35,36). The molecule has 0 aliphatic rings.